The van der Waals surface area contributed by atoms with E-state index < -0.39 is 27.5 Å². The van der Waals surface area contributed by atoms with Crippen LogP contribution < -0.4 is 0 Å². The third-order valence-corrected chi connectivity index (χ3v) is 7.34. The lowest BCUT2D eigenvalue weighted by Gasteiger charge is -2.13. The Labute approximate surface area is 179 Å². The van der Waals surface area contributed by atoms with Crippen molar-refractivity contribution in [2.75, 3.05) is 11.5 Å². The van der Waals surface area contributed by atoms with Crippen molar-refractivity contribution < 1.29 is 18.3 Å². The van der Waals surface area contributed by atoms with E-state index in [1.54, 1.807) is 60.8 Å². The van der Waals surface area contributed by atoms with Crippen LogP contribution in [-0.2, 0) is 14.6 Å². The van der Waals surface area contributed by atoms with Crippen molar-refractivity contribution in [2.45, 2.75) is 9.92 Å². The van der Waals surface area contributed by atoms with Gasteiger partial charge in [-0.15, -0.1) is 11.8 Å². The van der Waals surface area contributed by atoms with Gasteiger partial charge in [0.2, 0.25) is 0 Å². The van der Waals surface area contributed by atoms with Gasteiger partial charge in [-0.05, 0) is 47.5 Å². The Kier molecular flexibility index (Phi) is 6.87. The molecule has 3 rings (SSSR count). The summed E-state index contributed by atoms with van der Waals surface area (Å²) in [5.41, 5.74) is 2.20. The summed E-state index contributed by atoms with van der Waals surface area (Å²) in [6.45, 7) is 0. The number of rotatable bonds is 8. The summed E-state index contributed by atoms with van der Waals surface area (Å²) >= 11 is 1.22. The van der Waals surface area contributed by atoms with Gasteiger partial charge in [0.1, 0.15) is 0 Å². The molecule has 1 atom stereocenters. The molecule has 2 aromatic carbocycles. The Morgan fingerprint density at radius 1 is 1.03 bits per heavy atom. The maximum Gasteiger partial charge on any atom is 0.308 e. The average molecular weight is 439 g/mol. The number of aliphatic carboxylic acids is 1. The molecule has 0 amide bonds. The molecule has 1 N–H and O–H groups in total. The van der Waals surface area contributed by atoms with Crippen LogP contribution in [0.5, 0.6) is 0 Å². The van der Waals surface area contributed by atoms with Crippen LogP contribution >= 0.6 is 11.8 Å². The molecule has 0 aliphatic heterocycles. The Bertz CT molecular complexity index is 1150. The van der Waals surface area contributed by atoms with E-state index in [9.17, 15) is 18.3 Å². The molecule has 1 aromatic heterocycles. The molecule has 0 saturated heterocycles. The molecule has 0 saturated carbocycles. The van der Waals surface area contributed by atoms with E-state index in [0.29, 0.717) is 10.6 Å². The highest BCUT2D eigenvalue weighted by Gasteiger charge is 2.27. The summed E-state index contributed by atoms with van der Waals surface area (Å²) in [6.07, 6.45) is 1.60. The van der Waals surface area contributed by atoms with E-state index in [-0.39, 0.29) is 10.6 Å². The molecular formula is C22H18N2O4S2. The number of thioether (sulfide) groups is 1. The largest absolute Gasteiger partial charge is 0.481 e. The van der Waals surface area contributed by atoms with Crippen molar-refractivity contribution in [2.24, 2.45) is 5.92 Å². The van der Waals surface area contributed by atoms with Gasteiger partial charge in [0, 0.05) is 11.9 Å². The monoisotopic (exact) mass is 438 g/mol. The van der Waals surface area contributed by atoms with Gasteiger partial charge in [-0.25, -0.2) is 13.4 Å². The van der Waals surface area contributed by atoms with E-state index in [2.05, 4.69) is 4.98 Å². The lowest BCUT2D eigenvalue weighted by Crippen LogP contribution is -2.26. The predicted octanol–water partition coefficient (Wildman–Crippen LogP) is 3.89. The second-order valence-electron chi connectivity index (χ2n) is 6.51. The summed E-state index contributed by atoms with van der Waals surface area (Å²) in [4.78, 5) is 15.8. The van der Waals surface area contributed by atoms with Gasteiger partial charge < -0.3 is 5.11 Å². The van der Waals surface area contributed by atoms with E-state index in [0.717, 1.165) is 11.1 Å². The molecule has 0 aliphatic carbocycles. The first-order valence-electron chi connectivity index (χ1n) is 8.99. The molecule has 0 spiro atoms. The minimum atomic E-state index is -3.78. The fraction of sp³-hybridized carbons (Fsp3) is 0.136. The Morgan fingerprint density at radius 2 is 1.67 bits per heavy atom. The second kappa shape index (κ2) is 9.57. The Hall–Kier alpha value is -3.15. The maximum absolute atomic E-state index is 12.8. The number of hydrogen-bond acceptors (Lipinski definition) is 6. The molecule has 0 radical (unpaired) electrons. The number of aromatic nitrogens is 1. The number of carboxylic acid groups (broad SMARTS) is 1. The zero-order chi connectivity index (χ0) is 21.6. The van der Waals surface area contributed by atoms with Gasteiger partial charge in [0.25, 0.3) is 0 Å². The number of benzene rings is 2. The van der Waals surface area contributed by atoms with Crippen LogP contribution in [0.15, 0.2) is 82.8 Å². The molecule has 152 valence electrons. The third-order valence-electron chi connectivity index (χ3n) is 4.40. The smallest absolute Gasteiger partial charge is 0.308 e. The van der Waals surface area contributed by atoms with Gasteiger partial charge in [0.15, 0.2) is 9.84 Å². The Morgan fingerprint density at radius 3 is 2.20 bits per heavy atom. The van der Waals surface area contributed by atoms with Crippen LogP contribution in [0.1, 0.15) is 5.56 Å². The normalized spacial score (nSPS) is 12.1. The minimum Gasteiger partial charge on any atom is -0.481 e. The SMILES string of the molecule is N#Cc1ccc(-c2ccc(S(=O)(=O)CC(CSc3ccccn3)C(=O)O)cc2)cc1. The van der Waals surface area contributed by atoms with Crippen molar-refractivity contribution >= 4 is 27.6 Å². The summed E-state index contributed by atoms with van der Waals surface area (Å²) in [6, 6.07) is 20.6. The van der Waals surface area contributed by atoms with E-state index in [1.807, 2.05) is 6.07 Å². The van der Waals surface area contributed by atoms with Crippen molar-refractivity contribution in [3.05, 3.63) is 78.5 Å². The third kappa shape index (κ3) is 5.47. The number of pyridine rings is 1. The number of sulfone groups is 1. The molecule has 6 nitrogen and oxygen atoms in total. The van der Waals surface area contributed by atoms with Crippen LogP contribution in [-0.4, -0.2) is 36.0 Å². The van der Waals surface area contributed by atoms with Gasteiger partial charge in [-0.3, -0.25) is 4.79 Å². The number of carboxylic acids is 1. The lowest BCUT2D eigenvalue weighted by atomic mass is 10.0. The standard InChI is InChI=1S/C22H18N2O4S2/c23-13-16-4-6-17(7-5-16)18-8-10-20(11-9-18)30(27,28)15-19(22(25)26)14-29-21-3-1-2-12-24-21/h1-12,19H,14-15H2,(H,25,26). The summed E-state index contributed by atoms with van der Waals surface area (Å²) in [7, 11) is -3.78. The second-order valence-corrected chi connectivity index (χ2v) is 9.58. The summed E-state index contributed by atoms with van der Waals surface area (Å²) in [5, 5.41) is 19.0. The van der Waals surface area contributed by atoms with Gasteiger partial charge >= 0.3 is 5.97 Å². The zero-order valence-corrected chi connectivity index (χ0v) is 17.4. The van der Waals surface area contributed by atoms with Gasteiger partial charge in [-0.2, -0.15) is 5.26 Å². The molecule has 30 heavy (non-hydrogen) atoms. The lowest BCUT2D eigenvalue weighted by molar-refractivity contribution is -0.140. The number of hydrogen-bond donors (Lipinski definition) is 1. The van der Waals surface area contributed by atoms with Crippen molar-refractivity contribution in [3.8, 4) is 17.2 Å². The highest BCUT2D eigenvalue weighted by Crippen LogP contribution is 2.25. The molecule has 0 bridgehead atoms. The van der Waals surface area contributed by atoms with E-state index >= 15 is 0 Å². The van der Waals surface area contributed by atoms with Crippen molar-refractivity contribution in [1.29, 1.82) is 5.26 Å². The summed E-state index contributed by atoms with van der Waals surface area (Å²) in [5.74, 6) is -2.59. The van der Waals surface area contributed by atoms with Crippen LogP contribution in [0, 0.1) is 17.2 Å². The first kappa shape index (κ1) is 21.6. The fourth-order valence-electron chi connectivity index (χ4n) is 2.76. The highest BCUT2D eigenvalue weighted by atomic mass is 32.2. The van der Waals surface area contributed by atoms with Gasteiger partial charge in [-0.1, -0.05) is 30.3 Å². The van der Waals surface area contributed by atoms with Crippen LogP contribution in [0.4, 0.5) is 0 Å². The minimum absolute atomic E-state index is 0.0778. The number of carbonyl (C=O) groups is 1. The highest BCUT2D eigenvalue weighted by molar-refractivity contribution is 7.99. The number of nitriles is 1. The van der Waals surface area contributed by atoms with Crippen molar-refractivity contribution in [3.63, 3.8) is 0 Å². The van der Waals surface area contributed by atoms with Crippen LogP contribution in [0.3, 0.4) is 0 Å². The molecule has 0 aliphatic rings. The fourth-order valence-corrected chi connectivity index (χ4v) is 5.39. The topological polar surface area (TPSA) is 108 Å². The van der Waals surface area contributed by atoms with Crippen LogP contribution in [0.25, 0.3) is 11.1 Å². The molecule has 1 unspecified atom stereocenters. The van der Waals surface area contributed by atoms with E-state index in [1.165, 1.54) is 23.9 Å². The predicted molar refractivity (Wildman–Crippen MR) is 115 cm³/mol. The first-order valence-corrected chi connectivity index (χ1v) is 11.6. The average Bonchev–Trinajstić information content (AvgIpc) is 2.77. The number of nitrogens with zero attached hydrogens (tertiary/aromatic N) is 2. The maximum atomic E-state index is 12.8. The molecule has 3 aromatic rings. The van der Waals surface area contributed by atoms with Crippen molar-refractivity contribution in [1.82, 2.24) is 4.98 Å². The first-order chi connectivity index (χ1) is 14.4. The quantitative estimate of drug-likeness (QED) is 0.532. The summed E-state index contributed by atoms with van der Waals surface area (Å²) < 4.78 is 25.5. The van der Waals surface area contributed by atoms with Gasteiger partial charge in [0.05, 0.1) is 33.2 Å². The van der Waals surface area contributed by atoms with E-state index in [4.69, 9.17) is 5.26 Å². The molecule has 8 heteroatoms. The van der Waals surface area contributed by atoms with Crippen LogP contribution in [0.2, 0.25) is 0 Å². The molecule has 1 heterocycles. The Balaban J connectivity index is 1.72. The molecular weight excluding hydrogens is 420 g/mol. The molecule has 0 fully saturated rings. The zero-order valence-electron chi connectivity index (χ0n) is 15.8.